The van der Waals surface area contributed by atoms with Crippen LogP contribution in [-0.4, -0.2) is 59.6 Å². The van der Waals surface area contributed by atoms with Crippen molar-refractivity contribution in [3.8, 4) is 11.3 Å². The second-order valence-corrected chi connectivity index (χ2v) is 7.81. The Morgan fingerprint density at radius 2 is 1.77 bits per heavy atom. The number of amides is 2. The number of carbonyl (C=O) groups is 2. The fraction of sp³-hybridized carbons (Fsp3) is 0.292. The molecule has 3 aromatic rings. The van der Waals surface area contributed by atoms with Crippen LogP contribution in [-0.2, 0) is 11.2 Å². The Kier molecular flexibility index (Phi) is 6.43. The minimum atomic E-state index is -0.0462. The first-order valence-electron chi connectivity index (χ1n) is 10.8. The van der Waals surface area contributed by atoms with Gasteiger partial charge in [0, 0.05) is 11.3 Å². The smallest absolute Gasteiger partial charge is 0.279 e. The minimum absolute atomic E-state index is 0.0109. The molecule has 31 heavy (non-hydrogen) atoms. The van der Waals surface area contributed by atoms with Crippen LogP contribution in [0.15, 0.2) is 60.7 Å². The molecule has 7 heteroatoms. The number of nitrogens with zero attached hydrogens (tertiary/aromatic N) is 2. The van der Waals surface area contributed by atoms with Gasteiger partial charge in [-0.3, -0.25) is 14.7 Å². The molecule has 7 nitrogen and oxygen atoms in total. The predicted octanol–water partition coefficient (Wildman–Crippen LogP) is 1.62. The lowest BCUT2D eigenvalue weighted by Crippen LogP contribution is -3.15. The van der Waals surface area contributed by atoms with Gasteiger partial charge in [-0.1, -0.05) is 55.5 Å². The summed E-state index contributed by atoms with van der Waals surface area (Å²) in [7, 11) is 0. The molecular weight excluding hydrogens is 390 g/mol. The van der Waals surface area contributed by atoms with Crippen LogP contribution in [0.3, 0.4) is 0 Å². The first kappa shape index (κ1) is 20.8. The highest BCUT2D eigenvalue weighted by atomic mass is 16.2. The molecule has 160 valence electrons. The normalized spacial score (nSPS) is 14.4. The standard InChI is InChI=1S/C24H27N5O2/c1-2-18-8-6-7-11-20(18)25-23(30)17-28-12-14-29(15-13-28)24(31)22-16-21(26-27-22)19-9-4-3-5-10-19/h3-11,16H,2,12-15,17H2,1H3,(H,25,30)(H,26,27)/p+1. The molecule has 0 spiro atoms. The molecule has 3 N–H and O–H groups in total. The molecule has 1 aliphatic rings. The van der Waals surface area contributed by atoms with Gasteiger partial charge in [-0.05, 0) is 24.1 Å². The number of carbonyl (C=O) groups excluding carboxylic acids is 2. The van der Waals surface area contributed by atoms with E-state index in [-0.39, 0.29) is 11.8 Å². The van der Waals surface area contributed by atoms with Gasteiger partial charge in [-0.25, -0.2) is 0 Å². The van der Waals surface area contributed by atoms with Gasteiger partial charge in [0.2, 0.25) is 0 Å². The Morgan fingerprint density at radius 3 is 2.52 bits per heavy atom. The van der Waals surface area contributed by atoms with E-state index < -0.39 is 0 Å². The summed E-state index contributed by atoms with van der Waals surface area (Å²) < 4.78 is 0. The van der Waals surface area contributed by atoms with Crippen molar-refractivity contribution in [3.63, 3.8) is 0 Å². The number of aromatic amines is 1. The SMILES string of the molecule is CCc1ccccc1NC(=O)C[NH+]1CCN(C(=O)c2cc(-c3ccccc3)n[nH]2)CC1. The molecule has 0 radical (unpaired) electrons. The summed E-state index contributed by atoms with van der Waals surface area (Å²) in [6.07, 6.45) is 0.879. The average molecular weight is 419 g/mol. The van der Waals surface area contributed by atoms with Crippen LogP contribution >= 0.6 is 0 Å². The number of aryl methyl sites for hydroxylation is 1. The van der Waals surface area contributed by atoms with Crippen LogP contribution < -0.4 is 10.2 Å². The van der Waals surface area contributed by atoms with E-state index in [1.165, 1.54) is 4.90 Å². The average Bonchev–Trinajstić information content (AvgIpc) is 3.30. The second kappa shape index (κ2) is 9.57. The number of piperazine rings is 1. The Morgan fingerprint density at radius 1 is 1.06 bits per heavy atom. The summed E-state index contributed by atoms with van der Waals surface area (Å²) in [4.78, 5) is 28.4. The zero-order valence-corrected chi connectivity index (χ0v) is 17.7. The summed E-state index contributed by atoms with van der Waals surface area (Å²) >= 11 is 0. The van der Waals surface area contributed by atoms with Gasteiger partial charge in [0.15, 0.2) is 6.54 Å². The quantitative estimate of drug-likeness (QED) is 0.569. The van der Waals surface area contributed by atoms with Gasteiger partial charge in [0.05, 0.1) is 31.9 Å². The Labute approximate surface area is 182 Å². The van der Waals surface area contributed by atoms with Crippen molar-refractivity contribution < 1.29 is 14.5 Å². The highest BCUT2D eigenvalue weighted by molar-refractivity contribution is 5.93. The van der Waals surface area contributed by atoms with Crippen molar-refractivity contribution in [2.24, 2.45) is 0 Å². The van der Waals surface area contributed by atoms with Gasteiger partial charge in [0.25, 0.3) is 11.8 Å². The molecule has 2 heterocycles. The van der Waals surface area contributed by atoms with Crippen molar-refractivity contribution in [2.75, 3.05) is 38.0 Å². The van der Waals surface area contributed by atoms with E-state index in [4.69, 9.17) is 0 Å². The number of nitrogens with one attached hydrogen (secondary N) is 3. The molecule has 0 aliphatic carbocycles. The van der Waals surface area contributed by atoms with E-state index in [1.54, 1.807) is 6.07 Å². The molecule has 0 atom stereocenters. The molecule has 1 fully saturated rings. The van der Waals surface area contributed by atoms with Crippen molar-refractivity contribution in [1.29, 1.82) is 0 Å². The van der Waals surface area contributed by atoms with Gasteiger partial charge >= 0.3 is 0 Å². The van der Waals surface area contributed by atoms with Crippen molar-refractivity contribution in [1.82, 2.24) is 15.1 Å². The monoisotopic (exact) mass is 418 g/mol. The first-order valence-corrected chi connectivity index (χ1v) is 10.8. The van der Waals surface area contributed by atoms with Crippen molar-refractivity contribution in [3.05, 3.63) is 71.9 Å². The zero-order valence-electron chi connectivity index (χ0n) is 17.7. The summed E-state index contributed by atoms with van der Waals surface area (Å²) in [6, 6.07) is 19.5. The lowest BCUT2D eigenvalue weighted by Gasteiger charge is -2.31. The number of benzene rings is 2. The van der Waals surface area contributed by atoms with E-state index >= 15 is 0 Å². The lowest BCUT2D eigenvalue weighted by atomic mass is 10.1. The number of hydrogen-bond donors (Lipinski definition) is 3. The van der Waals surface area contributed by atoms with E-state index in [9.17, 15) is 9.59 Å². The third-order valence-corrected chi connectivity index (χ3v) is 5.72. The number of hydrogen-bond acceptors (Lipinski definition) is 3. The third-order valence-electron chi connectivity index (χ3n) is 5.72. The van der Waals surface area contributed by atoms with Gasteiger partial charge in [-0.2, -0.15) is 5.10 Å². The molecule has 1 aliphatic heterocycles. The topological polar surface area (TPSA) is 82.5 Å². The maximum Gasteiger partial charge on any atom is 0.279 e. The first-order chi connectivity index (χ1) is 15.1. The van der Waals surface area contributed by atoms with E-state index in [2.05, 4.69) is 22.4 Å². The zero-order chi connectivity index (χ0) is 21.6. The maximum absolute atomic E-state index is 12.9. The Balaban J connectivity index is 1.29. The second-order valence-electron chi connectivity index (χ2n) is 7.81. The Bertz CT molecular complexity index is 1040. The van der Waals surface area contributed by atoms with Crippen LogP contribution in [0.25, 0.3) is 11.3 Å². The lowest BCUT2D eigenvalue weighted by molar-refractivity contribution is -0.895. The molecule has 0 bridgehead atoms. The van der Waals surface area contributed by atoms with Gasteiger partial charge in [0.1, 0.15) is 5.69 Å². The van der Waals surface area contributed by atoms with Crippen LogP contribution in [0.5, 0.6) is 0 Å². The van der Waals surface area contributed by atoms with Crippen LogP contribution in [0.2, 0.25) is 0 Å². The van der Waals surface area contributed by atoms with E-state index in [0.29, 0.717) is 25.3 Å². The maximum atomic E-state index is 12.9. The fourth-order valence-electron chi connectivity index (χ4n) is 3.93. The summed E-state index contributed by atoms with van der Waals surface area (Å²) in [5.41, 5.74) is 4.25. The molecule has 0 unspecified atom stereocenters. The van der Waals surface area contributed by atoms with Crippen LogP contribution in [0.1, 0.15) is 23.0 Å². The largest absolute Gasteiger partial charge is 0.326 e. The molecule has 2 amide bonds. The summed E-state index contributed by atoms with van der Waals surface area (Å²) in [5.74, 6) is -0.0354. The molecular formula is C24H28N5O2+. The van der Waals surface area contributed by atoms with Crippen molar-refractivity contribution >= 4 is 17.5 Å². The summed E-state index contributed by atoms with van der Waals surface area (Å²) in [5, 5.41) is 10.2. The number of quaternary nitrogens is 1. The molecule has 4 rings (SSSR count). The van der Waals surface area contributed by atoms with Crippen LogP contribution in [0, 0.1) is 0 Å². The fourth-order valence-corrected chi connectivity index (χ4v) is 3.93. The molecule has 1 saturated heterocycles. The number of para-hydroxylation sites is 1. The predicted molar refractivity (Wildman–Crippen MR) is 120 cm³/mol. The van der Waals surface area contributed by atoms with Crippen molar-refractivity contribution in [2.45, 2.75) is 13.3 Å². The number of aromatic nitrogens is 2. The highest BCUT2D eigenvalue weighted by Gasteiger charge is 2.27. The Hall–Kier alpha value is -3.45. The third kappa shape index (κ3) is 5.00. The van der Waals surface area contributed by atoms with Gasteiger partial charge in [-0.15, -0.1) is 0 Å². The van der Waals surface area contributed by atoms with E-state index in [0.717, 1.165) is 42.0 Å². The number of H-pyrrole nitrogens is 1. The number of rotatable bonds is 6. The summed E-state index contributed by atoms with van der Waals surface area (Å²) in [6.45, 7) is 5.21. The van der Waals surface area contributed by atoms with Gasteiger partial charge < -0.3 is 15.1 Å². The molecule has 1 aromatic heterocycles. The number of anilines is 1. The molecule has 2 aromatic carbocycles. The minimum Gasteiger partial charge on any atom is -0.326 e. The molecule has 0 saturated carbocycles. The highest BCUT2D eigenvalue weighted by Crippen LogP contribution is 2.18. The van der Waals surface area contributed by atoms with E-state index in [1.807, 2.05) is 59.5 Å². The van der Waals surface area contributed by atoms with Crippen LogP contribution in [0.4, 0.5) is 5.69 Å².